The van der Waals surface area contributed by atoms with Gasteiger partial charge in [0.1, 0.15) is 0 Å². The van der Waals surface area contributed by atoms with Crippen LogP contribution >= 0.6 is 0 Å². The molecule has 0 saturated carbocycles. The molecule has 0 heterocycles. The lowest BCUT2D eigenvalue weighted by Crippen LogP contribution is -2.33. The maximum atomic E-state index is 5.18. The summed E-state index contributed by atoms with van der Waals surface area (Å²) in [6.07, 6.45) is 15.3. The van der Waals surface area contributed by atoms with E-state index in [1.54, 1.807) is 7.11 Å². The molecule has 19 heavy (non-hydrogen) atoms. The van der Waals surface area contributed by atoms with Gasteiger partial charge in [-0.25, -0.2) is 0 Å². The van der Waals surface area contributed by atoms with Crippen molar-refractivity contribution >= 4 is 0 Å². The Morgan fingerprint density at radius 1 is 0.789 bits per heavy atom. The van der Waals surface area contributed by atoms with E-state index in [2.05, 4.69) is 19.2 Å². The van der Waals surface area contributed by atoms with Crippen LogP contribution in [0.4, 0.5) is 0 Å². The summed E-state index contributed by atoms with van der Waals surface area (Å²) in [6, 6.07) is 0.545. The molecule has 0 saturated heterocycles. The zero-order valence-corrected chi connectivity index (χ0v) is 13.7. The summed E-state index contributed by atoms with van der Waals surface area (Å²) in [5.41, 5.74) is 0. The van der Waals surface area contributed by atoms with Gasteiger partial charge >= 0.3 is 0 Å². The molecular weight excluding hydrogens is 234 g/mol. The van der Waals surface area contributed by atoms with Crippen molar-refractivity contribution in [3.05, 3.63) is 0 Å². The van der Waals surface area contributed by atoms with Gasteiger partial charge < -0.3 is 10.1 Å². The first-order valence-corrected chi connectivity index (χ1v) is 8.57. The Labute approximate surface area is 121 Å². The molecule has 0 spiro atoms. The summed E-state index contributed by atoms with van der Waals surface area (Å²) in [5.74, 6) is 0. The predicted octanol–water partition coefficient (Wildman–Crippen LogP) is 4.92. The highest BCUT2D eigenvalue weighted by Gasteiger charge is 2.03. The molecule has 1 unspecified atom stereocenters. The third-order valence-corrected chi connectivity index (χ3v) is 3.82. The molecule has 0 bridgehead atoms. The first kappa shape index (κ1) is 18.9. The van der Waals surface area contributed by atoms with E-state index in [1.165, 1.54) is 64.2 Å². The molecule has 116 valence electrons. The van der Waals surface area contributed by atoms with Gasteiger partial charge in [-0.2, -0.15) is 0 Å². The van der Waals surface area contributed by atoms with Crippen LogP contribution in [0, 0.1) is 0 Å². The molecule has 1 atom stereocenters. The minimum atomic E-state index is 0.545. The van der Waals surface area contributed by atoms with Gasteiger partial charge in [0.05, 0.1) is 6.61 Å². The van der Waals surface area contributed by atoms with Crippen LogP contribution < -0.4 is 5.32 Å². The Bertz CT molecular complexity index is 161. The number of ether oxygens (including phenoxy) is 1. The lowest BCUT2D eigenvalue weighted by Gasteiger charge is -2.15. The highest BCUT2D eigenvalue weighted by molar-refractivity contribution is 4.63. The second-order valence-corrected chi connectivity index (χ2v) is 5.70. The summed E-state index contributed by atoms with van der Waals surface area (Å²) in [4.78, 5) is 0. The lowest BCUT2D eigenvalue weighted by atomic mass is 10.1. The standard InChI is InChI=1S/C17H37NO/c1-4-6-7-8-9-10-11-12-13-14-15-18-17(5-2)16-19-3/h17-18H,4-16H2,1-3H3. The molecule has 0 aromatic carbocycles. The Morgan fingerprint density at radius 3 is 1.79 bits per heavy atom. The Hall–Kier alpha value is -0.0800. The van der Waals surface area contributed by atoms with E-state index in [1.807, 2.05) is 0 Å². The monoisotopic (exact) mass is 271 g/mol. The molecule has 0 radical (unpaired) electrons. The molecule has 0 aromatic rings. The molecule has 0 aromatic heterocycles. The SMILES string of the molecule is CCCCCCCCCCCCNC(CC)COC. The third-order valence-electron chi connectivity index (χ3n) is 3.82. The highest BCUT2D eigenvalue weighted by Crippen LogP contribution is 2.10. The Balaban J connectivity index is 3.09. The van der Waals surface area contributed by atoms with Crippen molar-refractivity contribution in [3.8, 4) is 0 Å². The largest absolute Gasteiger partial charge is 0.383 e. The maximum Gasteiger partial charge on any atom is 0.0615 e. The average Bonchev–Trinajstić information content (AvgIpc) is 2.43. The molecule has 0 aliphatic carbocycles. The van der Waals surface area contributed by atoms with Gasteiger partial charge in [-0.05, 0) is 19.4 Å². The third kappa shape index (κ3) is 14.1. The number of hydrogen-bond acceptors (Lipinski definition) is 2. The van der Waals surface area contributed by atoms with Crippen LogP contribution in [0.1, 0.15) is 84.5 Å². The quantitative estimate of drug-likeness (QED) is 0.427. The van der Waals surface area contributed by atoms with Crippen molar-refractivity contribution < 1.29 is 4.74 Å². The van der Waals surface area contributed by atoms with Gasteiger partial charge in [0.15, 0.2) is 0 Å². The fourth-order valence-corrected chi connectivity index (χ4v) is 2.44. The fourth-order valence-electron chi connectivity index (χ4n) is 2.44. The predicted molar refractivity (Wildman–Crippen MR) is 85.8 cm³/mol. The van der Waals surface area contributed by atoms with Crippen LogP contribution in [0.2, 0.25) is 0 Å². The first-order valence-electron chi connectivity index (χ1n) is 8.57. The summed E-state index contributed by atoms with van der Waals surface area (Å²) < 4.78 is 5.18. The number of hydrogen-bond donors (Lipinski definition) is 1. The van der Waals surface area contributed by atoms with Crippen molar-refractivity contribution in [1.82, 2.24) is 5.32 Å². The van der Waals surface area contributed by atoms with Crippen LogP contribution in [0.5, 0.6) is 0 Å². The van der Waals surface area contributed by atoms with E-state index >= 15 is 0 Å². The minimum absolute atomic E-state index is 0.545. The van der Waals surface area contributed by atoms with Crippen molar-refractivity contribution in [3.63, 3.8) is 0 Å². The van der Waals surface area contributed by atoms with E-state index in [0.717, 1.165) is 19.6 Å². The average molecular weight is 271 g/mol. The van der Waals surface area contributed by atoms with Gasteiger partial charge in [-0.15, -0.1) is 0 Å². The normalized spacial score (nSPS) is 12.8. The zero-order valence-electron chi connectivity index (χ0n) is 13.7. The van der Waals surface area contributed by atoms with E-state index in [-0.39, 0.29) is 0 Å². The fraction of sp³-hybridized carbons (Fsp3) is 1.00. The van der Waals surface area contributed by atoms with Crippen LogP contribution in [-0.2, 0) is 4.74 Å². The van der Waals surface area contributed by atoms with Crippen LogP contribution in [0.15, 0.2) is 0 Å². The van der Waals surface area contributed by atoms with Gasteiger partial charge in [0.2, 0.25) is 0 Å². The lowest BCUT2D eigenvalue weighted by molar-refractivity contribution is 0.164. The van der Waals surface area contributed by atoms with Gasteiger partial charge in [-0.3, -0.25) is 0 Å². The number of methoxy groups -OCH3 is 1. The topological polar surface area (TPSA) is 21.3 Å². The Morgan fingerprint density at radius 2 is 1.32 bits per heavy atom. The molecule has 2 nitrogen and oxygen atoms in total. The van der Waals surface area contributed by atoms with E-state index < -0.39 is 0 Å². The summed E-state index contributed by atoms with van der Waals surface area (Å²) in [7, 11) is 1.78. The summed E-state index contributed by atoms with van der Waals surface area (Å²) in [6.45, 7) is 6.49. The molecule has 2 heteroatoms. The van der Waals surface area contributed by atoms with Gasteiger partial charge in [0.25, 0.3) is 0 Å². The number of rotatable bonds is 15. The molecular formula is C17H37NO. The summed E-state index contributed by atoms with van der Waals surface area (Å²) in [5, 5.41) is 3.57. The maximum absolute atomic E-state index is 5.18. The Kier molecular flexibility index (Phi) is 15.9. The molecule has 0 aliphatic heterocycles. The highest BCUT2D eigenvalue weighted by atomic mass is 16.5. The molecule has 0 aliphatic rings. The number of nitrogens with one attached hydrogen (secondary N) is 1. The summed E-state index contributed by atoms with van der Waals surface area (Å²) >= 11 is 0. The number of unbranched alkanes of at least 4 members (excludes halogenated alkanes) is 9. The minimum Gasteiger partial charge on any atom is -0.383 e. The van der Waals surface area contributed by atoms with Crippen molar-refractivity contribution in [2.75, 3.05) is 20.3 Å². The van der Waals surface area contributed by atoms with Crippen molar-refractivity contribution in [2.24, 2.45) is 0 Å². The van der Waals surface area contributed by atoms with Crippen LogP contribution in [0.25, 0.3) is 0 Å². The van der Waals surface area contributed by atoms with E-state index in [0.29, 0.717) is 6.04 Å². The first-order chi connectivity index (χ1) is 9.35. The van der Waals surface area contributed by atoms with E-state index in [4.69, 9.17) is 4.74 Å². The molecule has 0 rings (SSSR count). The molecule has 0 amide bonds. The van der Waals surface area contributed by atoms with Crippen LogP contribution in [-0.4, -0.2) is 26.3 Å². The second kappa shape index (κ2) is 16.0. The van der Waals surface area contributed by atoms with Crippen LogP contribution in [0.3, 0.4) is 0 Å². The van der Waals surface area contributed by atoms with Gasteiger partial charge in [0, 0.05) is 13.2 Å². The second-order valence-electron chi connectivity index (χ2n) is 5.70. The van der Waals surface area contributed by atoms with Crippen molar-refractivity contribution in [2.45, 2.75) is 90.5 Å². The van der Waals surface area contributed by atoms with Crippen molar-refractivity contribution in [1.29, 1.82) is 0 Å². The van der Waals surface area contributed by atoms with Gasteiger partial charge in [-0.1, -0.05) is 71.6 Å². The van der Waals surface area contributed by atoms with E-state index in [9.17, 15) is 0 Å². The zero-order chi connectivity index (χ0) is 14.2. The molecule has 1 N–H and O–H groups in total. The smallest absolute Gasteiger partial charge is 0.0615 e. The molecule has 0 fully saturated rings.